The first kappa shape index (κ1) is 13.0. The molecule has 3 aromatic heterocycles. The van der Waals surface area contributed by atoms with Crippen molar-refractivity contribution < 1.29 is 0 Å². The number of hydrogen-bond donors (Lipinski definition) is 1. The summed E-state index contributed by atoms with van der Waals surface area (Å²) in [5, 5.41) is 0.820. The Morgan fingerprint density at radius 3 is 3.09 bits per heavy atom. The molecule has 1 N–H and O–H groups in total. The van der Waals surface area contributed by atoms with Gasteiger partial charge in [0.2, 0.25) is 0 Å². The van der Waals surface area contributed by atoms with Gasteiger partial charge in [0, 0.05) is 4.88 Å². The summed E-state index contributed by atoms with van der Waals surface area (Å²) in [7, 11) is 0. The molecule has 5 rings (SSSR count). The van der Waals surface area contributed by atoms with E-state index in [-0.39, 0.29) is 5.56 Å². The van der Waals surface area contributed by atoms with E-state index in [0.717, 1.165) is 46.3 Å². The van der Waals surface area contributed by atoms with Crippen LogP contribution in [0.15, 0.2) is 35.4 Å². The second-order valence-electron chi connectivity index (χ2n) is 5.92. The molecule has 3 heterocycles. The Labute approximate surface area is 135 Å². The molecule has 0 unspecified atom stereocenters. The van der Waals surface area contributed by atoms with Gasteiger partial charge in [-0.05, 0) is 37.0 Å². The van der Waals surface area contributed by atoms with E-state index in [1.165, 1.54) is 10.4 Å². The van der Waals surface area contributed by atoms with Crippen molar-refractivity contribution in [3.05, 3.63) is 57.2 Å². The number of nitrogens with one attached hydrogen (secondary N) is 1. The second kappa shape index (κ2) is 4.76. The first-order chi connectivity index (χ1) is 11.3. The Bertz CT molecular complexity index is 1070. The average molecular weight is 322 g/mol. The zero-order valence-electron chi connectivity index (χ0n) is 12.4. The topological polar surface area (TPSA) is 63.6 Å². The number of H-pyrrole nitrogens is 1. The third kappa shape index (κ3) is 1.95. The van der Waals surface area contributed by atoms with Gasteiger partial charge in [-0.15, -0.1) is 11.3 Å². The fourth-order valence-corrected chi connectivity index (χ4v) is 4.59. The van der Waals surface area contributed by atoms with Crippen LogP contribution in [0.5, 0.6) is 0 Å². The van der Waals surface area contributed by atoms with Gasteiger partial charge in [-0.1, -0.05) is 12.1 Å². The first-order valence-electron chi connectivity index (χ1n) is 7.73. The molecule has 0 aliphatic heterocycles. The smallest absolute Gasteiger partial charge is 0.262 e. The van der Waals surface area contributed by atoms with Gasteiger partial charge in [-0.3, -0.25) is 9.36 Å². The molecule has 0 radical (unpaired) electrons. The van der Waals surface area contributed by atoms with E-state index in [1.54, 1.807) is 22.2 Å². The lowest BCUT2D eigenvalue weighted by atomic mass is 10.2. The standard InChI is InChI=1S/C17H14N4OS/c22-17-15-10-4-3-7-13(10)23-16(15)18-9-21(17)8-14-19-11-5-1-2-6-12(11)20-14/h1-2,5-6,9H,3-4,7-8H2,(H,19,20). The van der Waals surface area contributed by atoms with E-state index in [1.807, 2.05) is 24.3 Å². The fraction of sp³-hybridized carbons (Fsp3) is 0.235. The summed E-state index contributed by atoms with van der Waals surface area (Å²) in [6, 6.07) is 7.88. The first-order valence-corrected chi connectivity index (χ1v) is 8.54. The number of benzene rings is 1. The molecule has 5 nitrogen and oxygen atoms in total. The average Bonchev–Trinajstić information content (AvgIpc) is 3.22. The van der Waals surface area contributed by atoms with Crippen LogP contribution in [0.4, 0.5) is 0 Å². The summed E-state index contributed by atoms with van der Waals surface area (Å²) >= 11 is 1.67. The number of hydrogen-bond acceptors (Lipinski definition) is 4. The Morgan fingerprint density at radius 2 is 2.17 bits per heavy atom. The van der Waals surface area contributed by atoms with Gasteiger partial charge >= 0.3 is 0 Å². The molecule has 0 saturated carbocycles. The van der Waals surface area contributed by atoms with Crippen molar-refractivity contribution in [1.29, 1.82) is 0 Å². The van der Waals surface area contributed by atoms with Crippen LogP contribution in [0, 0.1) is 0 Å². The number of fused-ring (bicyclic) bond motifs is 4. The van der Waals surface area contributed by atoms with Gasteiger partial charge in [-0.2, -0.15) is 0 Å². The van der Waals surface area contributed by atoms with E-state index in [9.17, 15) is 4.79 Å². The lowest BCUT2D eigenvalue weighted by molar-refractivity contribution is 0.718. The molecule has 0 amide bonds. The van der Waals surface area contributed by atoms with Gasteiger partial charge < -0.3 is 4.98 Å². The monoisotopic (exact) mass is 322 g/mol. The SMILES string of the molecule is O=c1c2c3c(sc2ncn1Cc1nc2ccccc2[nH]1)CCC3. The number of aromatic amines is 1. The van der Waals surface area contributed by atoms with Crippen LogP contribution < -0.4 is 5.56 Å². The molecular formula is C17H14N4OS. The number of nitrogens with zero attached hydrogens (tertiary/aromatic N) is 3. The maximum absolute atomic E-state index is 12.9. The predicted molar refractivity (Wildman–Crippen MR) is 91.1 cm³/mol. The van der Waals surface area contributed by atoms with Crippen LogP contribution in [0.25, 0.3) is 21.3 Å². The maximum Gasteiger partial charge on any atom is 0.262 e. The van der Waals surface area contributed by atoms with Crippen molar-refractivity contribution in [2.75, 3.05) is 0 Å². The normalized spacial score (nSPS) is 13.9. The number of aryl methyl sites for hydroxylation is 2. The maximum atomic E-state index is 12.9. The molecule has 4 aromatic rings. The Kier molecular flexibility index (Phi) is 2.69. The van der Waals surface area contributed by atoms with Crippen LogP contribution in [0.2, 0.25) is 0 Å². The fourth-order valence-electron chi connectivity index (χ4n) is 3.37. The molecular weight excluding hydrogens is 308 g/mol. The number of rotatable bonds is 2. The summed E-state index contributed by atoms with van der Waals surface area (Å²) in [4.78, 5) is 27.4. The van der Waals surface area contributed by atoms with E-state index in [4.69, 9.17) is 0 Å². The summed E-state index contributed by atoms with van der Waals surface area (Å²) in [5.41, 5.74) is 3.18. The van der Waals surface area contributed by atoms with Crippen molar-refractivity contribution in [3.63, 3.8) is 0 Å². The lowest BCUT2D eigenvalue weighted by Crippen LogP contribution is -2.21. The van der Waals surface area contributed by atoms with Gasteiger partial charge in [0.15, 0.2) is 0 Å². The zero-order valence-corrected chi connectivity index (χ0v) is 13.2. The summed E-state index contributed by atoms with van der Waals surface area (Å²) in [5.74, 6) is 0.779. The lowest BCUT2D eigenvalue weighted by Gasteiger charge is -2.03. The molecule has 114 valence electrons. The highest BCUT2D eigenvalue weighted by molar-refractivity contribution is 7.18. The summed E-state index contributed by atoms with van der Waals surface area (Å²) in [6.45, 7) is 0.418. The van der Waals surface area contributed by atoms with Crippen molar-refractivity contribution >= 4 is 32.6 Å². The minimum atomic E-state index is 0.0508. The van der Waals surface area contributed by atoms with E-state index in [0.29, 0.717) is 6.54 Å². The molecule has 0 spiro atoms. The van der Waals surface area contributed by atoms with Gasteiger partial charge in [0.25, 0.3) is 5.56 Å². The minimum Gasteiger partial charge on any atom is -0.340 e. The largest absolute Gasteiger partial charge is 0.340 e. The molecule has 1 aliphatic carbocycles. The molecule has 0 saturated heterocycles. The molecule has 0 fully saturated rings. The van der Waals surface area contributed by atoms with Crippen molar-refractivity contribution in [2.45, 2.75) is 25.8 Å². The zero-order chi connectivity index (χ0) is 15.4. The van der Waals surface area contributed by atoms with Crippen LogP contribution in [-0.4, -0.2) is 19.5 Å². The summed E-state index contributed by atoms with van der Waals surface area (Å²) in [6.07, 6.45) is 4.87. The van der Waals surface area contributed by atoms with Gasteiger partial charge in [0.05, 0.1) is 29.3 Å². The molecule has 1 aliphatic rings. The highest BCUT2D eigenvalue weighted by atomic mass is 32.1. The predicted octanol–water partition coefficient (Wildman–Crippen LogP) is 2.87. The number of para-hydroxylation sites is 2. The van der Waals surface area contributed by atoms with Crippen LogP contribution in [-0.2, 0) is 19.4 Å². The molecule has 1 aromatic carbocycles. The third-order valence-corrected chi connectivity index (χ3v) is 5.65. The number of thiophene rings is 1. The molecule has 0 atom stereocenters. The van der Waals surface area contributed by atoms with E-state index in [2.05, 4.69) is 15.0 Å². The van der Waals surface area contributed by atoms with Gasteiger partial charge in [-0.25, -0.2) is 9.97 Å². The number of aromatic nitrogens is 4. The molecule has 0 bridgehead atoms. The van der Waals surface area contributed by atoms with E-state index < -0.39 is 0 Å². The summed E-state index contributed by atoms with van der Waals surface area (Å²) < 4.78 is 1.66. The Hall–Kier alpha value is -2.47. The van der Waals surface area contributed by atoms with Crippen LogP contribution in [0.3, 0.4) is 0 Å². The van der Waals surface area contributed by atoms with Crippen molar-refractivity contribution in [2.24, 2.45) is 0 Å². The van der Waals surface area contributed by atoms with Crippen LogP contribution >= 0.6 is 11.3 Å². The Balaban J connectivity index is 1.62. The van der Waals surface area contributed by atoms with Crippen molar-refractivity contribution in [3.8, 4) is 0 Å². The minimum absolute atomic E-state index is 0.0508. The highest BCUT2D eigenvalue weighted by Crippen LogP contribution is 2.34. The quantitative estimate of drug-likeness (QED) is 0.617. The Morgan fingerprint density at radius 1 is 1.26 bits per heavy atom. The highest BCUT2D eigenvalue weighted by Gasteiger charge is 2.21. The van der Waals surface area contributed by atoms with Crippen molar-refractivity contribution in [1.82, 2.24) is 19.5 Å². The molecule has 6 heteroatoms. The second-order valence-corrected chi connectivity index (χ2v) is 7.00. The van der Waals surface area contributed by atoms with E-state index >= 15 is 0 Å². The van der Waals surface area contributed by atoms with Crippen LogP contribution in [0.1, 0.15) is 22.7 Å². The van der Waals surface area contributed by atoms with Gasteiger partial charge in [0.1, 0.15) is 10.7 Å². The third-order valence-electron chi connectivity index (χ3n) is 4.45. The molecule has 23 heavy (non-hydrogen) atoms. The number of imidazole rings is 1.